The van der Waals surface area contributed by atoms with Crippen LogP contribution in [0.4, 0.5) is 4.39 Å². The normalized spacial score (nSPS) is 18.8. The van der Waals surface area contributed by atoms with Crippen LogP contribution in [0.1, 0.15) is 37.8 Å². The molecular weight excluding hydrogens is 382 g/mol. The highest BCUT2D eigenvalue weighted by atomic mass is 127. The molecule has 108 valence electrons. The molecule has 0 bridgehead atoms. The molecule has 1 spiro atoms. The van der Waals surface area contributed by atoms with E-state index in [4.69, 9.17) is 4.74 Å². The molecule has 3 nitrogen and oxygen atoms in total. The maximum absolute atomic E-state index is 14.2. The van der Waals surface area contributed by atoms with Gasteiger partial charge in [-0.3, -0.25) is 0 Å². The van der Waals surface area contributed by atoms with Crippen molar-refractivity contribution in [3.63, 3.8) is 0 Å². The summed E-state index contributed by atoms with van der Waals surface area (Å²) < 4.78 is 21.1. The zero-order valence-electron chi connectivity index (χ0n) is 11.4. The van der Waals surface area contributed by atoms with Crippen molar-refractivity contribution in [2.45, 2.75) is 37.7 Å². The average molecular weight is 396 g/mol. The van der Waals surface area contributed by atoms with Crippen molar-refractivity contribution in [2.75, 3.05) is 0 Å². The Morgan fingerprint density at radius 1 is 1.14 bits per heavy atom. The van der Waals surface area contributed by atoms with E-state index in [-0.39, 0.29) is 5.82 Å². The zero-order chi connectivity index (χ0) is 14.4. The maximum Gasteiger partial charge on any atom is 0.191 e. The Balaban J connectivity index is 1.99. The predicted octanol–water partition coefficient (Wildman–Crippen LogP) is 4.44. The third kappa shape index (κ3) is 2.05. The molecule has 1 aliphatic heterocycles. The van der Waals surface area contributed by atoms with Crippen LogP contribution >= 0.6 is 22.6 Å². The first-order chi connectivity index (χ1) is 10.2. The van der Waals surface area contributed by atoms with Crippen LogP contribution in [0.5, 0.6) is 5.75 Å². The molecule has 1 aromatic heterocycles. The number of fused-ring (bicyclic) bond motifs is 4. The number of aromatic nitrogens is 2. The number of para-hydroxylation sites is 1. The molecule has 21 heavy (non-hydrogen) atoms. The van der Waals surface area contributed by atoms with E-state index in [1.807, 2.05) is 6.07 Å². The monoisotopic (exact) mass is 396 g/mol. The van der Waals surface area contributed by atoms with Gasteiger partial charge in [-0.15, -0.1) is 0 Å². The summed E-state index contributed by atoms with van der Waals surface area (Å²) in [5.74, 6) is 0.0540. The summed E-state index contributed by atoms with van der Waals surface area (Å²) in [4.78, 5) is 8.94. The van der Waals surface area contributed by atoms with E-state index < -0.39 is 5.60 Å². The van der Waals surface area contributed by atoms with Crippen LogP contribution in [0, 0.1) is 9.65 Å². The highest BCUT2D eigenvalue weighted by Gasteiger charge is 2.44. The molecule has 5 heteroatoms. The second kappa shape index (κ2) is 4.90. The number of nitrogens with zero attached hydrogens (tertiary/aromatic N) is 2. The Kier molecular flexibility index (Phi) is 3.13. The molecule has 1 fully saturated rings. The number of halogens is 2. The van der Waals surface area contributed by atoms with Crippen LogP contribution in [-0.4, -0.2) is 9.97 Å². The first kappa shape index (κ1) is 13.4. The SMILES string of the molecule is Fc1cccc2c1OC1(CCCCC1)c1nc(I)ncc1-2. The summed E-state index contributed by atoms with van der Waals surface area (Å²) in [6, 6.07) is 5.04. The summed E-state index contributed by atoms with van der Waals surface area (Å²) in [5.41, 5.74) is 2.13. The lowest BCUT2D eigenvalue weighted by molar-refractivity contribution is 0.0158. The fourth-order valence-corrected chi connectivity index (χ4v) is 3.82. The Hall–Kier alpha value is -1.24. The minimum absolute atomic E-state index is 0.304. The van der Waals surface area contributed by atoms with Gasteiger partial charge in [0.1, 0.15) is 0 Å². The quantitative estimate of drug-likeness (QED) is 0.488. The van der Waals surface area contributed by atoms with Gasteiger partial charge < -0.3 is 4.74 Å². The third-order valence-electron chi connectivity index (χ3n) is 4.41. The number of rotatable bonds is 0. The molecule has 2 aromatic rings. The van der Waals surface area contributed by atoms with Crippen molar-refractivity contribution >= 4 is 22.6 Å². The topological polar surface area (TPSA) is 35.0 Å². The van der Waals surface area contributed by atoms with Crippen molar-refractivity contribution in [1.29, 1.82) is 0 Å². The lowest BCUT2D eigenvalue weighted by Gasteiger charge is -2.41. The molecule has 2 heterocycles. The standard InChI is InChI=1S/C16H14FIN2O/c17-12-6-4-5-10-11-9-19-15(18)20-14(11)16(21-13(10)12)7-2-1-3-8-16/h4-6,9H,1-3,7-8H2. The number of hydrogen-bond donors (Lipinski definition) is 0. The Bertz CT molecular complexity index is 713. The molecule has 1 aliphatic carbocycles. The van der Waals surface area contributed by atoms with Gasteiger partial charge in [0.05, 0.1) is 5.69 Å². The second-order valence-corrected chi connectivity index (χ2v) is 6.64. The van der Waals surface area contributed by atoms with Crippen molar-refractivity contribution in [2.24, 2.45) is 0 Å². The van der Waals surface area contributed by atoms with Gasteiger partial charge in [0, 0.05) is 39.9 Å². The molecule has 0 radical (unpaired) electrons. The molecule has 0 N–H and O–H groups in total. The van der Waals surface area contributed by atoms with Crippen LogP contribution in [-0.2, 0) is 5.60 Å². The van der Waals surface area contributed by atoms with E-state index in [0.717, 1.165) is 42.5 Å². The summed E-state index contributed by atoms with van der Waals surface area (Å²) in [6.45, 7) is 0. The first-order valence-electron chi connectivity index (χ1n) is 7.21. The Morgan fingerprint density at radius 3 is 2.76 bits per heavy atom. The number of benzene rings is 1. The van der Waals surface area contributed by atoms with E-state index >= 15 is 0 Å². The van der Waals surface area contributed by atoms with Gasteiger partial charge in [0.25, 0.3) is 0 Å². The highest BCUT2D eigenvalue weighted by molar-refractivity contribution is 14.1. The van der Waals surface area contributed by atoms with Gasteiger partial charge in [0.15, 0.2) is 21.0 Å². The average Bonchev–Trinajstić information content (AvgIpc) is 2.50. The fraction of sp³-hybridized carbons (Fsp3) is 0.375. The summed E-state index contributed by atoms with van der Waals surface area (Å²) in [5, 5.41) is 0. The molecule has 1 aromatic carbocycles. The van der Waals surface area contributed by atoms with Gasteiger partial charge in [-0.25, -0.2) is 14.4 Å². The zero-order valence-corrected chi connectivity index (χ0v) is 13.6. The molecule has 0 saturated heterocycles. The minimum Gasteiger partial charge on any atom is -0.477 e. The van der Waals surface area contributed by atoms with E-state index in [1.54, 1.807) is 12.3 Å². The number of ether oxygens (including phenoxy) is 1. The van der Waals surface area contributed by atoms with Gasteiger partial charge in [-0.2, -0.15) is 0 Å². The van der Waals surface area contributed by atoms with Gasteiger partial charge in [-0.1, -0.05) is 18.6 Å². The van der Waals surface area contributed by atoms with Crippen molar-refractivity contribution in [1.82, 2.24) is 9.97 Å². The lowest BCUT2D eigenvalue weighted by atomic mass is 9.78. The van der Waals surface area contributed by atoms with Crippen LogP contribution in [0.3, 0.4) is 0 Å². The van der Waals surface area contributed by atoms with E-state index in [1.165, 1.54) is 12.5 Å². The minimum atomic E-state index is -0.481. The van der Waals surface area contributed by atoms with Crippen LogP contribution in [0.2, 0.25) is 0 Å². The molecule has 0 unspecified atom stereocenters. The van der Waals surface area contributed by atoms with Crippen molar-refractivity contribution < 1.29 is 9.13 Å². The molecule has 0 atom stereocenters. The molecule has 1 saturated carbocycles. The van der Waals surface area contributed by atoms with E-state index in [9.17, 15) is 4.39 Å². The van der Waals surface area contributed by atoms with Crippen LogP contribution in [0.25, 0.3) is 11.1 Å². The molecule has 0 amide bonds. The van der Waals surface area contributed by atoms with Crippen LogP contribution in [0.15, 0.2) is 24.4 Å². The lowest BCUT2D eigenvalue weighted by Crippen LogP contribution is -2.39. The first-order valence-corrected chi connectivity index (χ1v) is 8.28. The number of hydrogen-bond acceptors (Lipinski definition) is 3. The maximum atomic E-state index is 14.2. The smallest absolute Gasteiger partial charge is 0.191 e. The van der Waals surface area contributed by atoms with Crippen LogP contribution < -0.4 is 4.74 Å². The summed E-state index contributed by atoms with van der Waals surface area (Å²) in [6.07, 6.45) is 6.96. The molecule has 4 rings (SSSR count). The summed E-state index contributed by atoms with van der Waals surface area (Å²) in [7, 11) is 0. The predicted molar refractivity (Wildman–Crippen MR) is 85.5 cm³/mol. The van der Waals surface area contributed by atoms with Crippen molar-refractivity contribution in [3.8, 4) is 16.9 Å². The molecular formula is C16H14FIN2O. The highest BCUT2D eigenvalue weighted by Crippen LogP contribution is 2.50. The van der Waals surface area contributed by atoms with E-state index in [2.05, 4.69) is 32.6 Å². The largest absolute Gasteiger partial charge is 0.477 e. The van der Waals surface area contributed by atoms with E-state index in [0.29, 0.717) is 9.58 Å². The third-order valence-corrected chi connectivity index (χ3v) is 4.93. The second-order valence-electron chi connectivity index (χ2n) is 5.67. The Morgan fingerprint density at radius 2 is 1.95 bits per heavy atom. The van der Waals surface area contributed by atoms with Gasteiger partial charge in [0.2, 0.25) is 0 Å². The Labute approximate surface area is 136 Å². The van der Waals surface area contributed by atoms with Gasteiger partial charge in [-0.05, 0) is 31.7 Å². The fourth-order valence-electron chi connectivity index (χ4n) is 3.43. The summed E-state index contributed by atoms with van der Waals surface area (Å²) >= 11 is 2.12. The van der Waals surface area contributed by atoms with Crippen molar-refractivity contribution in [3.05, 3.63) is 39.7 Å². The molecule has 2 aliphatic rings. The van der Waals surface area contributed by atoms with Gasteiger partial charge >= 0.3 is 0 Å².